The van der Waals surface area contributed by atoms with Crippen molar-refractivity contribution in [2.24, 2.45) is 0 Å². The molecule has 0 spiro atoms. The summed E-state index contributed by atoms with van der Waals surface area (Å²) in [5.41, 5.74) is 2.13. The van der Waals surface area contributed by atoms with Gasteiger partial charge in [-0.2, -0.15) is 0 Å². The molecule has 0 atom stereocenters. The molecule has 1 nitrogen and oxygen atoms in total. The molecule has 0 fully saturated rings. The Balaban J connectivity index is 2.37. The molecule has 0 bridgehead atoms. The summed E-state index contributed by atoms with van der Waals surface area (Å²) >= 11 is 7.10. The molecule has 0 amide bonds. The normalized spacial score (nSPS) is 11.4. The fourth-order valence-corrected chi connectivity index (χ4v) is 7.44. The van der Waals surface area contributed by atoms with Crippen LogP contribution in [0, 0.1) is 0 Å². The minimum absolute atomic E-state index is 0.677. The van der Waals surface area contributed by atoms with Crippen molar-refractivity contribution in [2.75, 3.05) is 0 Å². The van der Waals surface area contributed by atoms with E-state index in [0.717, 1.165) is 27.0 Å². The van der Waals surface area contributed by atoms with Crippen LogP contribution in [0.3, 0.4) is 0 Å². The van der Waals surface area contributed by atoms with Crippen LogP contribution in [0.4, 0.5) is 0 Å². The van der Waals surface area contributed by atoms with Crippen molar-refractivity contribution >= 4 is 54.9 Å². The fourth-order valence-electron chi connectivity index (χ4n) is 2.91. The van der Waals surface area contributed by atoms with Gasteiger partial charge in [0, 0.05) is 26.6 Å². The second-order valence-electron chi connectivity index (χ2n) is 5.47. The van der Waals surface area contributed by atoms with Crippen molar-refractivity contribution < 1.29 is 4.57 Å². The molecule has 0 unspecified atom stereocenters. The van der Waals surface area contributed by atoms with E-state index in [1.54, 1.807) is 0 Å². The zero-order chi connectivity index (χ0) is 17.0. The summed E-state index contributed by atoms with van der Waals surface area (Å²) in [5, 5.41) is 4.03. The van der Waals surface area contributed by atoms with Gasteiger partial charge in [0.05, 0.1) is 0 Å². The first kappa shape index (κ1) is 17.7. The first-order valence-corrected chi connectivity index (χ1v) is 11.6. The van der Waals surface area contributed by atoms with Crippen molar-refractivity contribution in [1.82, 2.24) is 0 Å². The summed E-state index contributed by atoms with van der Waals surface area (Å²) < 4.78 is 14.5. The van der Waals surface area contributed by atoms with Crippen molar-refractivity contribution in [3.63, 3.8) is 0 Å². The smallest absolute Gasteiger partial charge is 0.171 e. The monoisotopic (exact) mass is 462 g/mol. The lowest BCUT2D eigenvalue weighted by molar-refractivity contribution is 0.592. The SMILES string of the molecule is O=P(c1ccccc1)(c1ccccc1CBr)c1ccccc1CBr. The zero-order valence-corrected chi connectivity index (χ0v) is 17.1. The van der Waals surface area contributed by atoms with E-state index < -0.39 is 7.14 Å². The summed E-state index contributed by atoms with van der Waals surface area (Å²) in [4.78, 5) is 0. The highest BCUT2D eigenvalue weighted by Crippen LogP contribution is 2.44. The van der Waals surface area contributed by atoms with Crippen molar-refractivity contribution in [2.45, 2.75) is 10.7 Å². The molecule has 122 valence electrons. The van der Waals surface area contributed by atoms with Crippen LogP contribution in [0.15, 0.2) is 78.9 Å². The minimum atomic E-state index is -2.94. The second-order valence-corrected chi connectivity index (χ2v) is 9.29. The number of benzene rings is 3. The molecular weight excluding hydrogens is 447 g/mol. The Bertz CT molecular complexity index is 826. The van der Waals surface area contributed by atoms with Gasteiger partial charge in [0.25, 0.3) is 0 Å². The molecule has 0 radical (unpaired) electrons. The Morgan fingerprint density at radius 1 is 0.625 bits per heavy atom. The molecule has 3 aromatic carbocycles. The van der Waals surface area contributed by atoms with Gasteiger partial charge in [-0.25, -0.2) is 0 Å². The summed E-state index contributed by atoms with van der Waals surface area (Å²) in [6.45, 7) is 0. The van der Waals surface area contributed by atoms with Gasteiger partial charge in [-0.3, -0.25) is 0 Å². The molecule has 0 aliphatic heterocycles. The maximum atomic E-state index is 14.5. The number of rotatable bonds is 5. The first-order valence-electron chi connectivity index (χ1n) is 7.66. The van der Waals surface area contributed by atoms with E-state index >= 15 is 0 Å². The number of halogens is 2. The Morgan fingerprint density at radius 2 is 1.04 bits per heavy atom. The van der Waals surface area contributed by atoms with Crippen LogP contribution in [0.25, 0.3) is 0 Å². The van der Waals surface area contributed by atoms with E-state index in [0.29, 0.717) is 10.7 Å². The van der Waals surface area contributed by atoms with Gasteiger partial charge in [0.15, 0.2) is 7.14 Å². The summed E-state index contributed by atoms with van der Waals surface area (Å²) in [5.74, 6) is 0. The van der Waals surface area contributed by atoms with Crippen LogP contribution in [-0.4, -0.2) is 0 Å². The topological polar surface area (TPSA) is 17.1 Å². The number of alkyl halides is 2. The predicted octanol–water partition coefficient (Wildman–Crippen LogP) is 5.12. The van der Waals surface area contributed by atoms with Gasteiger partial charge in [-0.15, -0.1) is 0 Å². The van der Waals surface area contributed by atoms with Crippen molar-refractivity contribution in [3.05, 3.63) is 90.0 Å². The molecule has 0 N–H and O–H groups in total. The standard InChI is InChI=1S/C20H17Br2OP/c21-14-16-8-4-6-12-19(16)24(23,18-10-2-1-3-11-18)20-13-7-5-9-17(20)15-22/h1-13H,14-15H2. The molecule has 0 aliphatic carbocycles. The average molecular weight is 464 g/mol. The lowest BCUT2D eigenvalue weighted by Gasteiger charge is -2.24. The van der Waals surface area contributed by atoms with E-state index in [9.17, 15) is 4.57 Å². The van der Waals surface area contributed by atoms with Crippen LogP contribution in [0.2, 0.25) is 0 Å². The third-order valence-corrected chi connectivity index (χ3v) is 8.53. The molecule has 4 heteroatoms. The fraction of sp³-hybridized carbons (Fsp3) is 0.100. The van der Waals surface area contributed by atoms with Gasteiger partial charge < -0.3 is 4.57 Å². The first-order chi connectivity index (χ1) is 11.7. The van der Waals surface area contributed by atoms with E-state index in [1.165, 1.54) is 0 Å². The third-order valence-electron chi connectivity index (χ3n) is 4.07. The second kappa shape index (κ2) is 7.82. The zero-order valence-electron chi connectivity index (χ0n) is 13.0. The average Bonchev–Trinajstić information content (AvgIpc) is 2.68. The van der Waals surface area contributed by atoms with Gasteiger partial charge in [-0.1, -0.05) is 111 Å². The molecular formula is C20H17Br2OP. The van der Waals surface area contributed by atoms with Crippen LogP contribution >= 0.6 is 39.0 Å². The van der Waals surface area contributed by atoms with Crippen molar-refractivity contribution in [3.8, 4) is 0 Å². The number of hydrogen-bond acceptors (Lipinski definition) is 1. The van der Waals surface area contributed by atoms with E-state index in [4.69, 9.17) is 0 Å². The minimum Gasteiger partial charge on any atom is -0.309 e. The Morgan fingerprint density at radius 3 is 1.50 bits per heavy atom. The maximum absolute atomic E-state index is 14.5. The Hall–Kier alpha value is -1.15. The quantitative estimate of drug-likeness (QED) is 0.379. The summed E-state index contributed by atoms with van der Waals surface area (Å²) in [7, 11) is -2.94. The van der Waals surface area contributed by atoms with Gasteiger partial charge in [0.1, 0.15) is 0 Å². The maximum Gasteiger partial charge on any atom is 0.171 e. The third kappa shape index (κ3) is 3.18. The lowest BCUT2D eigenvalue weighted by atomic mass is 10.2. The molecule has 0 aromatic heterocycles. The van der Waals surface area contributed by atoms with Gasteiger partial charge in [-0.05, 0) is 11.1 Å². The number of hydrogen-bond donors (Lipinski definition) is 0. The van der Waals surface area contributed by atoms with E-state index in [1.807, 2.05) is 78.9 Å². The Kier molecular flexibility index (Phi) is 5.76. The molecule has 0 saturated carbocycles. The van der Waals surface area contributed by atoms with Crippen LogP contribution < -0.4 is 15.9 Å². The molecule has 3 aromatic rings. The lowest BCUT2D eigenvalue weighted by Crippen LogP contribution is -2.28. The van der Waals surface area contributed by atoms with Crippen molar-refractivity contribution in [1.29, 1.82) is 0 Å². The van der Waals surface area contributed by atoms with Crippen LogP contribution in [-0.2, 0) is 15.2 Å². The Labute approximate surface area is 159 Å². The summed E-state index contributed by atoms with van der Waals surface area (Å²) in [6.07, 6.45) is 0. The molecule has 0 heterocycles. The molecule has 0 aliphatic rings. The predicted molar refractivity (Wildman–Crippen MR) is 111 cm³/mol. The van der Waals surface area contributed by atoms with Crippen LogP contribution in [0.5, 0.6) is 0 Å². The molecule has 24 heavy (non-hydrogen) atoms. The van der Waals surface area contributed by atoms with Crippen LogP contribution in [0.1, 0.15) is 11.1 Å². The van der Waals surface area contributed by atoms with E-state index in [-0.39, 0.29) is 0 Å². The summed E-state index contributed by atoms with van der Waals surface area (Å²) in [6, 6.07) is 25.8. The highest BCUT2D eigenvalue weighted by molar-refractivity contribution is 9.08. The largest absolute Gasteiger partial charge is 0.309 e. The highest BCUT2D eigenvalue weighted by Gasteiger charge is 2.33. The molecule has 0 saturated heterocycles. The highest BCUT2D eigenvalue weighted by atomic mass is 79.9. The molecule has 3 rings (SSSR count). The van der Waals surface area contributed by atoms with Gasteiger partial charge >= 0.3 is 0 Å². The van der Waals surface area contributed by atoms with Gasteiger partial charge in [0.2, 0.25) is 0 Å². The van der Waals surface area contributed by atoms with E-state index in [2.05, 4.69) is 31.9 Å².